The number of fused-ring (bicyclic) bond motifs is 6. The maximum absolute atomic E-state index is 2.53. The number of anilines is 3. The summed E-state index contributed by atoms with van der Waals surface area (Å²) in [5.41, 5.74) is 15.8. The quantitative estimate of drug-likeness (QED) is 0.167. The van der Waals surface area contributed by atoms with E-state index < -0.39 is 0 Å². The van der Waals surface area contributed by atoms with Crippen molar-refractivity contribution < 1.29 is 0 Å². The second-order valence-corrected chi connectivity index (χ2v) is 15.6. The van der Waals surface area contributed by atoms with Gasteiger partial charge in [0.25, 0.3) is 0 Å². The van der Waals surface area contributed by atoms with Crippen molar-refractivity contribution in [3.8, 4) is 44.5 Å². The van der Waals surface area contributed by atoms with Gasteiger partial charge in [-0.3, -0.25) is 0 Å². The molecule has 1 aliphatic rings. The average molecular weight is 696 g/mol. The molecule has 8 aromatic carbocycles. The zero-order valence-electron chi connectivity index (χ0n) is 29.8. The minimum absolute atomic E-state index is 0.134. The Morgan fingerprint density at radius 1 is 0.377 bits per heavy atom. The van der Waals surface area contributed by atoms with Crippen LogP contribution in [0.25, 0.3) is 64.7 Å². The second kappa shape index (κ2) is 12.5. The van der Waals surface area contributed by atoms with E-state index in [-0.39, 0.29) is 5.41 Å². The highest BCUT2D eigenvalue weighted by atomic mass is 32.1. The highest BCUT2D eigenvalue weighted by Gasteiger charge is 2.36. The predicted octanol–water partition coefficient (Wildman–Crippen LogP) is 14.8. The van der Waals surface area contributed by atoms with Gasteiger partial charge in [-0.05, 0) is 87.0 Å². The molecule has 0 saturated carbocycles. The third kappa shape index (κ3) is 5.21. The highest BCUT2D eigenvalue weighted by Crippen LogP contribution is 2.53. The van der Waals surface area contributed by atoms with Crippen molar-refractivity contribution in [1.82, 2.24) is 0 Å². The Balaban J connectivity index is 1.31. The van der Waals surface area contributed by atoms with Crippen LogP contribution in [0.3, 0.4) is 0 Å². The number of nitrogens with zero attached hydrogens (tertiary/aromatic N) is 1. The first-order chi connectivity index (χ1) is 26.0. The van der Waals surface area contributed by atoms with E-state index in [2.05, 4.69) is 207 Å². The lowest BCUT2D eigenvalue weighted by molar-refractivity contribution is 0.660. The fourth-order valence-corrected chi connectivity index (χ4v) is 9.58. The maximum Gasteiger partial charge on any atom is 0.0618 e. The summed E-state index contributed by atoms with van der Waals surface area (Å²) in [4.78, 5) is 2.53. The van der Waals surface area contributed by atoms with Crippen molar-refractivity contribution in [2.75, 3.05) is 4.90 Å². The molecule has 1 aliphatic carbocycles. The van der Waals surface area contributed by atoms with E-state index in [1.807, 2.05) is 11.3 Å². The molecule has 0 bridgehead atoms. The lowest BCUT2D eigenvalue weighted by Gasteiger charge is -2.32. The Labute approximate surface area is 315 Å². The van der Waals surface area contributed by atoms with Gasteiger partial charge in [0.05, 0.1) is 5.69 Å². The summed E-state index contributed by atoms with van der Waals surface area (Å²) >= 11 is 1.87. The van der Waals surface area contributed by atoms with Crippen molar-refractivity contribution in [3.63, 3.8) is 0 Å². The zero-order chi connectivity index (χ0) is 35.5. The summed E-state index contributed by atoms with van der Waals surface area (Å²) < 4.78 is 2.59. The minimum atomic E-state index is -0.134. The summed E-state index contributed by atoms with van der Waals surface area (Å²) in [7, 11) is 0. The molecule has 0 spiro atoms. The molecule has 53 heavy (non-hydrogen) atoms. The van der Waals surface area contributed by atoms with E-state index in [4.69, 9.17) is 0 Å². The molecular formula is C51H37NS. The molecule has 2 heteroatoms. The summed E-state index contributed by atoms with van der Waals surface area (Å²) in [6.45, 7) is 4.74. The summed E-state index contributed by atoms with van der Waals surface area (Å²) in [6, 6.07) is 69.3. The summed E-state index contributed by atoms with van der Waals surface area (Å²) in [6.07, 6.45) is 0. The molecule has 0 radical (unpaired) electrons. The largest absolute Gasteiger partial charge is 0.309 e. The van der Waals surface area contributed by atoms with Crippen molar-refractivity contribution in [2.45, 2.75) is 19.3 Å². The molecule has 1 nitrogen and oxygen atoms in total. The van der Waals surface area contributed by atoms with Gasteiger partial charge in [-0.25, -0.2) is 0 Å². The number of hydrogen-bond donors (Lipinski definition) is 0. The molecule has 10 rings (SSSR count). The standard InChI is InChI=1S/C51H37NS/c1-51(2)46-24-14-12-22-40(46)41-28-26-38(32-47(41)51)52(39-27-29-43-42-23-13-15-25-48(42)53-49(43)33-39)50-44(35-18-8-4-9-19-35)30-37(34-16-6-3-7-17-34)31-45(50)36-20-10-5-11-21-36/h3-33H,1-2H3. The fraction of sp³-hybridized carbons (Fsp3) is 0.0588. The van der Waals surface area contributed by atoms with Crippen LogP contribution < -0.4 is 4.90 Å². The van der Waals surface area contributed by atoms with Crippen LogP contribution in [0, 0.1) is 0 Å². The molecular weight excluding hydrogens is 659 g/mol. The van der Waals surface area contributed by atoms with Gasteiger partial charge in [0.1, 0.15) is 0 Å². The maximum atomic E-state index is 2.53. The van der Waals surface area contributed by atoms with Gasteiger partial charge in [-0.1, -0.05) is 159 Å². The third-order valence-electron chi connectivity index (χ3n) is 11.1. The Morgan fingerprint density at radius 2 is 0.906 bits per heavy atom. The number of benzene rings is 8. The van der Waals surface area contributed by atoms with Crippen LogP contribution in [-0.4, -0.2) is 0 Å². The van der Waals surface area contributed by atoms with Gasteiger partial charge in [0, 0.05) is 48.1 Å². The van der Waals surface area contributed by atoms with Crippen LogP contribution in [0.4, 0.5) is 17.1 Å². The summed E-state index contributed by atoms with van der Waals surface area (Å²) in [5, 5.41) is 2.61. The fourth-order valence-electron chi connectivity index (χ4n) is 8.44. The van der Waals surface area contributed by atoms with Gasteiger partial charge in [-0.15, -0.1) is 11.3 Å². The van der Waals surface area contributed by atoms with Crippen molar-refractivity contribution in [3.05, 3.63) is 199 Å². The van der Waals surface area contributed by atoms with Gasteiger partial charge in [0.15, 0.2) is 0 Å². The summed E-state index contributed by atoms with van der Waals surface area (Å²) in [5.74, 6) is 0. The van der Waals surface area contributed by atoms with E-state index >= 15 is 0 Å². The Hall–Kier alpha value is -6.22. The molecule has 1 heterocycles. The second-order valence-electron chi connectivity index (χ2n) is 14.5. The van der Waals surface area contributed by atoms with Crippen molar-refractivity contribution >= 4 is 48.6 Å². The van der Waals surface area contributed by atoms with Crippen LogP contribution in [0.1, 0.15) is 25.0 Å². The first kappa shape index (κ1) is 31.5. The van der Waals surface area contributed by atoms with E-state index in [0.29, 0.717) is 0 Å². The van der Waals surface area contributed by atoms with E-state index in [0.717, 1.165) is 17.1 Å². The van der Waals surface area contributed by atoms with Crippen molar-refractivity contribution in [2.24, 2.45) is 0 Å². The van der Waals surface area contributed by atoms with E-state index in [1.165, 1.54) is 75.8 Å². The molecule has 0 aliphatic heterocycles. The van der Waals surface area contributed by atoms with Gasteiger partial charge < -0.3 is 4.90 Å². The van der Waals surface area contributed by atoms with Gasteiger partial charge >= 0.3 is 0 Å². The smallest absolute Gasteiger partial charge is 0.0618 e. The molecule has 252 valence electrons. The van der Waals surface area contributed by atoms with Gasteiger partial charge in [-0.2, -0.15) is 0 Å². The zero-order valence-corrected chi connectivity index (χ0v) is 30.6. The first-order valence-electron chi connectivity index (χ1n) is 18.3. The predicted molar refractivity (Wildman–Crippen MR) is 228 cm³/mol. The van der Waals surface area contributed by atoms with Crippen LogP contribution in [0.5, 0.6) is 0 Å². The van der Waals surface area contributed by atoms with E-state index in [9.17, 15) is 0 Å². The lowest BCUT2D eigenvalue weighted by Crippen LogP contribution is -2.17. The lowest BCUT2D eigenvalue weighted by atomic mass is 9.82. The van der Waals surface area contributed by atoms with Gasteiger partial charge in [0.2, 0.25) is 0 Å². The molecule has 0 saturated heterocycles. The third-order valence-corrected chi connectivity index (χ3v) is 12.2. The van der Waals surface area contributed by atoms with Crippen molar-refractivity contribution in [1.29, 1.82) is 0 Å². The Morgan fingerprint density at radius 3 is 1.60 bits per heavy atom. The first-order valence-corrected chi connectivity index (χ1v) is 19.2. The SMILES string of the molecule is CC1(C)c2ccccc2-c2ccc(N(c3ccc4c(c3)sc3ccccc34)c3c(-c4ccccc4)cc(-c4ccccc4)cc3-c3ccccc3)cc21. The van der Waals surface area contributed by atoms with Crippen LogP contribution >= 0.6 is 11.3 Å². The topological polar surface area (TPSA) is 3.24 Å². The van der Waals surface area contributed by atoms with Crippen LogP contribution in [0.2, 0.25) is 0 Å². The minimum Gasteiger partial charge on any atom is -0.309 e. The molecule has 0 amide bonds. The number of hydrogen-bond acceptors (Lipinski definition) is 2. The van der Waals surface area contributed by atoms with E-state index in [1.54, 1.807) is 0 Å². The number of rotatable bonds is 6. The highest BCUT2D eigenvalue weighted by molar-refractivity contribution is 7.25. The Kier molecular flexibility index (Phi) is 7.42. The molecule has 9 aromatic rings. The molecule has 0 unspecified atom stereocenters. The number of thiophene rings is 1. The molecule has 0 atom stereocenters. The Bertz CT molecular complexity index is 2730. The van der Waals surface area contributed by atoms with Crippen LogP contribution in [0.15, 0.2) is 188 Å². The van der Waals surface area contributed by atoms with Crippen LogP contribution in [-0.2, 0) is 5.41 Å². The molecule has 0 N–H and O–H groups in total. The molecule has 1 aromatic heterocycles. The monoisotopic (exact) mass is 695 g/mol. The average Bonchev–Trinajstić information content (AvgIpc) is 3.70. The normalized spacial score (nSPS) is 12.9. The molecule has 0 fully saturated rings.